The third kappa shape index (κ3) is 2.58. The first-order valence-corrected chi connectivity index (χ1v) is 5.86. The van der Waals surface area contributed by atoms with Crippen molar-refractivity contribution >= 4 is 5.97 Å². The fourth-order valence-corrected chi connectivity index (χ4v) is 1.87. The van der Waals surface area contributed by atoms with E-state index in [-0.39, 0.29) is 22.7 Å². The number of carboxylic acids is 1. The number of aromatic nitrogens is 1. The molecule has 6 nitrogen and oxygen atoms in total. The van der Waals surface area contributed by atoms with Crippen molar-refractivity contribution in [3.8, 4) is 17.2 Å². The van der Waals surface area contributed by atoms with E-state index < -0.39 is 17.3 Å². The number of nitrogens with zero attached hydrogens (tertiary/aromatic N) is 1. The van der Waals surface area contributed by atoms with Gasteiger partial charge in [0.1, 0.15) is 0 Å². The van der Waals surface area contributed by atoms with Crippen molar-refractivity contribution in [1.29, 1.82) is 0 Å². The summed E-state index contributed by atoms with van der Waals surface area (Å²) in [5.74, 6) is -2.03. The predicted molar refractivity (Wildman–Crippen MR) is 72.1 cm³/mol. The van der Waals surface area contributed by atoms with Crippen LogP contribution in [0.25, 0.3) is 5.69 Å². The first kappa shape index (κ1) is 14.6. The first-order chi connectivity index (χ1) is 9.99. The van der Waals surface area contributed by atoms with Crippen molar-refractivity contribution < 1.29 is 23.8 Å². The van der Waals surface area contributed by atoms with Crippen molar-refractivity contribution in [2.75, 3.05) is 14.2 Å². The van der Waals surface area contributed by atoms with Crippen LogP contribution < -0.4 is 15.0 Å². The maximum atomic E-state index is 14.4. The average molecular weight is 293 g/mol. The highest BCUT2D eigenvalue weighted by Gasteiger charge is 2.17. The minimum absolute atomic E-state index is 0.124. The van der Waals surface area contributed by atoms with Crippen LogP contribution in [0.1, 0.15) is 10.4 Å². The van der Waals surface area contributed by atoms with Gasteiger partial charge in [-0.15, -0.1) is 0 Å². The van der Waals surface area contributed by atoms with E-state index in [9.17, 15) is 14.0 Å². The largest absolute Gasteiger partial charge is 0.493 e. The van der Waals surface area contributed by atoms with Gasteiger partial charge in [-0.25, -0.2) is 9.18 Å². The summed E-state index contributed by atoms with van der Waals surface area (Å²) in [7, 11) is 2.62. The molecular weight excluding hydrogens is 281 g/mol. The molecule has 1 N–H and O–H groups in total. The zero-order valence-electron chi connectivity index (χ0n) is 11.3. The van der Waals surface area contributed by atoms with Crippen LogP contribution in [0, 0.1) is 5.82 Å². The fraction of sp³-hybridized carbons (Fsp3) is 0.143. The zero-order valence-corrected chi connectivity index (χ0v) is 11.3. The summed E-state index contributed by atoms with van der Waals surface area (Å²) in [6.07, 6.45) is 1.05. The van der Waals surface area contributed by atoms with E-state index in [1.807, 2.05) is 0 Å². The maximum Gasteiger partial charge on any atom is 0.337 e. The number of benzene rings is 1. The number of carbonyl (C=O) groups is 1. The topological polar surface area (TPSA) is 77.8 Å². The number of carboxylic acid groups (broad SMARTS) is 1. The van der Waals surface area contributed by atoms with Crippen LogP contribution in [0.2, 0.25) is 0 Å². The van der Waals surface area contributed by atoms with Gasteiger partial charge in [0, 0.05) is 12.3 Å². The summed E-state index contributed by atoms with van der Waals surface area (Å²) in [6.45, 7) is 0. The zero-order chi connectivity index (χ0) is 15.6. The number of aromatic carboxylic acids is 1. The Morgan fingerprint density at radius 1 is 1.19 bits per heavy atom. The summed E-state index contributed by atoms with van der Waals surface area (Å²) in [4.78, 5) is 22.8. The molecule has 0 aliphatic heterocycles. The van der Waals surface area contributed by atoms with Crippen LogP contribution >= 0.6 is 0 Å². The molecule has 7 heteroatoms. The maximum absolute atomic E-state index is 14.4. The lowest BCUT2D eigenvalue weighted by molar-refractivity contribution is 0.0696. The number of pyridine rings is 1. The lowest BCUT2D eigenvalue weighted by atomic mass is 10.2. The minimum Gasteiger partial charge on any atom is -0.493 e. The van der Waals surface area contributed by atoms with Crippen LogP contribution in [-0.4, -0.2) is 29.9 Å². The molecule has 0 fully saturated rings. The summed E-state index contributed by atoms with van der Waals surface area (Å²) in [5.41, 5.74) is -0.823. The lowest BCUT2D eigenvalue weighted by Gasteiger charge is -2.13. The van der Waals surface area contributed by atoms with Crippen molar-refractivity contribution in [3.05, 3.63) is 52.2 Å². The molecule has 2 rings (SSSR count). The van der Waals surface area contributed by atoms with Crippen molar-refractivity contribution in [1.82, 2.24) is 4.57 Å². The number of methoxy groups -OCH3 is 2. The molecule has 0 radical (unpaired) electrons. The van der Waals surface area contributed by atoms with E-state index in [1.165, 1.54) is 26.4 Å². The van der Waals surface area contributed by atoms with Gasteiger partial charge in [-0.2, -0.15) is 0 Å². The molecule has 0 saturated carbocycles. The Morgan fingerprint density at radius 2 is 1.90 bits per heavy atom. The molecule has 2 aromatic rings. The van der Waals surface area contributed by atoms with Gasteiger partial charge in [0.25, 0.3) is 5.56 Å². The van der Waals surface area contributed by atoms with Crippen molar-refractivity contribution in [3.63, 3.8) is 0 Å². The van der Waals surface area contributed by atoms with Gasteiger partial charge >= 0.3 is 5.97 Å². The Balaban J connectivity index is 2.70. The number of halogens is 1. The average Bonchev–Trinajstić information content (AvgIpc) is 2.47. The van der Waals surface area contributed by atoms with Gasteiger partial charge in [-0.3, -0.25) is 9.36 Å². The SMILES string of the molecule is COc1ccc(-n2cc(C(=O)O)ccc2=O)c(F)c1OC. The second-order valence-electron chi connectivity index (χ2n) is 4.07. The van der Waals surface area contributed by atoms with E-state index in [1.54, 1.807) is 0 Å². The molecule has 0 amide bonds. The molecular formula is C14H12FNO5. The van der Waals surface area contributed by atoms with Gasteiger partial charge in [0.2, 0.25) is 0 Å². The molecule has 1 aromatic carbocycles. The number of hydrogen-bond acceptors (Lipinski definition) is 4. The Bertz CT molecular complexity index is 754. The summed E-state index contributed by atoms with van der Waals surface area (Å²) < 4.78 is 25.2. The van der Waals surface area contributed by atoms with Crippen LogP contribution in [0.5, 0.6) is 11.5 Å². The molecule has 0 saturated heterocycles. The monoisotopic (exact) mass is 293 g/mol. The van der Waals surface area contributed by atoms with Crippen LogP contribution in [0.4, 0.5) is 4.39 Å². The van der Waals surface area contributed by atoms with Crippen LogP contribution in [-0.2, 0) is 0 Å². The van der Waals surface area contributed by atoms with E-state index in [0.717, 1.165) is 22.9 Å². The summed E-state index contributed by atoms with van der Waals surface area (Å²) >= 11 is 0. The third-order valence-corrected chi connectivity index (χ3v) is 2.88. The smallest absolute Gasteiger partial charge is 0.337 e. The number of ether oxygens (including phenoxy) is 2. The van der Waals surface area contributed by atoms with E-state index in [2.05, 4.69) is 0 Å². The summed E-state index contributed by atoms with van der Waals surface area (Å²) in [6, 6.07) is 4.94. The van der Waals surface area contributed by atoms with Gasteiger partial charge in [0.05, 0.1) is 25.5 Å². The number of hydrogen-bond donors (Lipinski definition) is 1. The molecule has 0 bridgehead atoms. The molecule has 0 atom stereocenters. The van der Waals surface area contributed by atoms with E-state index in [0.29, 0.717) is 0 Å². The highest BCUT2D eigenvalue weighted by atomic mass is 19.1. The van der Waals surface area contributed by atoms with Crippen molar-refractivity contribution in [2.45, 2.75) is 0 Å². The second kappa shape index (κ2) is 5.66. The molecule has 21 heavy (non-hydrogen) atoms. The second-order valence-corrected chi connectivity index (χ2v) is 4.07. The predicted octanol–water partition coefficient (Wildman–Crippen LogP) is 1.69. The minimum atomic E-state index is -1.22. The van der Waals surface area contributed by atoms with Crippen LogP contribution in [0.3, 0.4) is 0 Å². The third-order valence-electron chi connectivity index (χ3n) is 2.88. The van der Waals surface area contributed by atoms with Gasteiger partial charge < -0.3 is 14.6 Å². The molecule has 1 aromatic heterocycles. The highest BCUT2D eigenvalue weighted by Crippen LogP contribution is 2.33. The normalized spacial score (nSPS) is 10.2. The fourth-order valence-electron chi connectivity index (χ4n) is 1.87. The Labute approximate surface area is 119 Å². The van der Waals surface area contributed by atoms with E-state index in [4.69, 9.17) is 14.6 Å². The Kier molecular flexibility index (Phi) is 3.93. The Hall–Kier alpha value is -2.83. The molecule has 0 aliphatic carbocycles. The lowest BCUT2D eigenvalue weighted by Crippen LogP contribution is -2.19. The quantitative estimate of drug-likeness (QED) is 0.928. The summed E-state index contributed by atoms with van der Waals surface area (Å²) in [5, 5.41) is 8.95. The molecule has 0 aliphatic rings. The van der Waals surface area contributed by atoms with Crippen LogP contribution in [0.15, 0.2) is 35.3 Å². The van der Waals surface area contributed by atoms with Gasteiger partial charge in [0.15, 0.2) is 17.3 Å². The standard InChI is InChI=1S/C14H12FNO5/c1-20-10-5-4-9(12(15)13(10)21-2)16-7-8(14(18)19)3-6-11(16)17/h3-7H,1-2H3,(H,18,19). The Morgan fingerprint density at radius 3 is 2.48 bits per heavy atom. The molecule has 110 valence electrons. The molecule has 0 unspecified atom stereocenters. The highest BCUT2D eigenvalue weighted by molar-refractivity contribution is 5.87. The van der Waals surface area contributed by atoms with Gasteiger partial charge in [-0.1, -0.05) is 0 Å². The van der Waals surface area contributed by atoms with E-state index >= 15 is 0 Å². The number of rotatable bonds is 4. The van der Waals surface area contributed by atoms with Crippen molar-refractivity contribution in [2.24, 2.45) is 0 Å². The van der Waals surface area contributed by atoms with Gasteiger partial charge in [-0.05, 0) is 18.2 Å². The molecule has 0 spiro atoms. The first-order valence-electron chi connectivity index (χ1n) is 5.86. The molecule has 1 heterocycles.